The highest BCUT2D eigenvalue weighted by Gasteiger charge is 2.42. The number of thioether (sulfide) groups is 1. The largest absolute Gasteiger partial charge is 0.483 e. The van der Waals surface area contributed by atoms with Gasteiger partial charge in [0.2, 0.25) is 5.91 Å². The molecule has 4 rings (SSSR count). The van der Waals surface area contributed by atoms with Crippen molar-refractivity contribution >= 4 is 50.8 Å². The lowest BCUT2D eigenvalue weighted by molar-refractivity contribution is -0.138. The van der Waals surface area contributed by atoms with E-state index >= 15 is 0 Å². The molecule has 0 bridgehead atoms. The molecule has 4 N–H and O–H groups in total. The molecule has 0 aliphatic carbocycles. The first-order valence-electron chi connectivity index (χ1n) is 16.7. The summed E-state index contributed by atoms with van der Waals surface area (Å²) in [6.07, 6.45) is 7.23. The number of unbranched alkanes of at least 4 members (excludes halogenated alkanes) is 2. The number of nitrogens with one attached hydrogen (secondary N) is 2. The molecule has 2 amide bonds. The van der Waals surface area contributed by atoms with Crippen LogP contribution in [0.4, 0.5) is 11.4 Å². The number of nitrogens with zero attached hydrogens (tertiary/aromatic N) is 1. The molecule has 11 nitrogen and oxygen atoms in total. The lowest BCUT2D eigenvalue weighted by Crippen LogP contribution is -2.43. The van der Waals surface area contributed by atoms with Crippen molar-refractivity contribution in [1.82, 2.24) is 10.6 Å². The van der Waals surface area contributed by atoms with Crippen molar-refractivity contribution in [3.63, 3.8) is 0 Å². The van der Waals surface area contributed by atoms with Crippen LogP contribution in [0.3, 0.4) is 0 Å². The number of rotatable bonds is 16. The quantitative estimate of drug-likeness (QED) is 0.134. The third kappa shape index (κ3) is 10.7. The van der Waals surface area contributed by atoms with E-state index in [1.807, 2.05) is 42.7 Å². The summed E-state index contributed by atoms with van der Waals surface area (Å²) in [6, 6.07) is 20.5. The van der Waals surface area contributed by atoms with Gasteiger partial charge < -0.3 is 30.5 Å². The number of hydrogen-bond donors (Lipinski definition) is 4. The first-order valence-corrected chi connectivity index (χ1v) is 19.6. The van der Waals surface area contributed by atoms with Crippen molar-refractivity contribution in [3.05, 3.63) is 78.4 Å². The average Bonchev–Trinajstić information content (AvgIpc) is 3.22. The first kappa shape index (κ1) is 40.4. The van der Waals surface area contributed by atoms with Gasteiger partial charge in [-0.15, -0.1) is 11.8 Å². The minimum atomic E-state index is -3.79. The molecule has 1 atom stereocenters. The highest BCUT2D eigenvalue weighted by molar-refractivity contribution is 7.98. The number of aliphatic carboxylic acids is 1. The van der Waals surface area contributed by atoms with Gasteiger partial charge in [0, 0.05) is 30.8 Å². The molecule has 1 aliphatic rings. The van der Waals surface area contributed by atoms with Crippen molar-refractivity contribution < 1.29 is 37.8 Å². The maximum absolute atomic E-state index is 14.3. The van der Waals surface area contributed by atoms with Crippen molar-refractivity contribution in [2.24, 2.45) is 5.41 Å². The van der Waals surface area contributed by atoms with Crippen LogP contribution in [0.2, 0.25) is 0 Å². The second-order valence-electron chi connectivity index (χ2n) is 12.2. The predicted molar refractivity (Wildman–Crippen MR) is 197 cm³/mol. The second kappa shape index (κ2) is 19.4. The minimum Gasteiger partial charge on any atom is -0.483 e. The molecule has 1 heterocycles. The highest BCUT2D eigenvalue weighted by atomic mass is 32.2. The van der Waals surface area contributed by atoms with Gasteiger partial charge >= 0.3 is 5.97 Å². The molecule has 50 heavy (non-hydrogen) atoms. The molecule has 0 aromatic heterocycles. The molecule has 1 aliphatic heterocycles. The molecule has 3 aromatic carbocycles. The van der Waals surface area contributed by atoms with Gasteiger partial charge in [-0.25, -0.2) is 8.42 Å². The van der Waals surface area contributed by atoms with Crippen LogP contribution < -0.4 is 20.3 Å². The van der Waals surface area contributed by atoms with Gasteiger partial charge in [0.15, 0.2) is 16.4 Å². The molecule has 0 spiro atoms. The summed E-state index contributed by atoms with van der Waals surface area (Å²) in [5, 5.41) is 20.9. The summed E-state index contributed by atoms with van der Waals surface area (Å²) < 4.78 is 34.7. The fourth-order valence-corrected chi connectivity index (χ4v) is 8.80. The van der Waals surface area contributed by atoms with Crippen LogP contribution in [0.15, 0.2) is 82.6 Å². The number of aliphatic hydroxyl groups is 1. The Kier molecular flexibility index (Phi) is 15.6. The number of amides is 2. The molecule has 0 radical (unpaired) electrons. The average molecular weight is 728 g/mol. The SMILES string of the molecule is CCCCC1(CCCC)CN(c2ccccc2)c2cc(SC)c(OCC(=O)N[C@@H](C(=O)NCC(=O)O)c3ccccc3)cc2S(=O)(=O)C1.CO. The Hall–Kier alpha value is -4.07. The number of carbonyl (C=O) groups is 3. The standard InChI is InChI=1S/C36H45N3O7S2.CH4O/c1-4-6-18-36(19-7-5-2)24-39(27-16-12-9-13-17-27)28-20-30(47-3)29(21-31(28)48(44,45)25-36)46-23-32(40)38-34(26-14-10-8-11-15-26)35(43)37-22-33(41)42;1-2/h8-17,20-21,34H,4-7,18-19,22-25H2,1-3H3,(H,37,43)(H,38,40)(H,41,42);2H,1H3/t34-;/m1./s1. The zero-order valence-electron chi connectivity index (χ0n) is 29.2. The Morgan fingerprint density at radius 1 is 0.960 bits per heavy atom. The molecule has 3 aromatic rings. The summed E-state index contributed by atoms with van der Waals surface area (Å²) in [4.78, 5) is 40.0. The van der Waals surface area contributed by atoms with E-state index in [9.17, 15) is 22.8 Å². The zero-order chi connectivity index (χ0) is 36.7. The lowest BCUT2D eigenvalue weighted by atomic mass is 9.79. The number of aliphatic hydroxyl groups excluding tert-OH is 1. The number of carboxylic acid groups (broad SMARTS) is 1. The topological polar surface area (TPSA) is 162 Å². The van der Waals surface area contributed by atoms with Crippen LogP contribution in [0.25, 0.3) is 0 Å². The summed E-state index contributed by atoms with van der Waals surface area (Å²) >= 11 is 1.38. The number of hydrogen-bond acceptors (Lipinski definition) is 9. The van der Waals surface area contributed by atoms with Gasteiger partial charge in [-0.05, 0) is 42.9 Å². The van der Waals surface area contributed by atoms with Gasteiger partial charge in [-0.3, -0.25) is 14.4 Å². The van der Waals surface area contributed by atoms with Crippen LogP contribution in [-0.4, -0.2) is 75.2 Å². The van der Waals surface area contributed by atoms with Crippen molar-refractivity contribution in [2.75, 3.05) is 43.7 Å². The Labute approximate surface area is 299 Å². The molecular formula is C37H49N3O8S2. The Morgan fingerprint density at radius 3 is 2.12 bits per heavy atom. The van der Waals surface area contributed by atoms with Crippen molar-refractivity contribution in [2.45, 2.75) is 68.2 Å². The molecule has 0 saturated carbocycles. The number of ether oxygens (including phenoxy) is 1. The number of carboxylic acids is 1. The molecule has 0 fully saturated rings. The Balaban J connectivity index is 0.00000332. The van der Waals surface area contributed by atoms with E-state index in [-0.39, 0.29) is 16.4 Å². The van der Waals surface area contributed by atoms with Crippen LogP contribution in [-0.2, 0) is 24.2 Å². The fourth-order valence-electron chi connectivity index (χ4n) is 6.14. The summed E-state index contributed by atoms with van der Waals surface area (Å²) in [7, 11) is -2.79. The van der Waals surface area contributed by atoms with E-state index in [0.29, 0.717) is 22.7 Å². The number of anilines is 2. The highest BCUT2D eigenvalue weighted by Crippen LogP contribution is 2.47. The Morgan fingerprint density at radius 2 is 1.56 bits per heavy atom. The van der Waals surface area contributed by atoms with Crippen LogP contribution in [0, 0.1) is 5.41 Å². The maximum atomic E-state index is 14.3. The van der Waals surface area contributed by atoms with E-state index in [0.717, 1.165) is 51.3 Å². The number of para-hydroxylation sites is 1. The van der Waals surface area contributed by atoms with E-state index < -0.39 is 52.2 Å². The fraction of sp³-hybridized carbons (Fsp3) is 0.432. The lowest BCUT2D eigenvalue weighted by Gasteiger charge is -2.37. The number of benzene rings is 3. The van der Waals surface area contributed by atoms with E-state index in [4.69, 9.17) is 14.9 Å². The zero-order valence-corrected chi connectivity index (χ0v) is 30.8. The van der Waals surface area contributed by atoms with E-state index in [2.05, 4.69) is 29.4 Å². The minimum absolute atomic E-state index is 0.0130. The van der Waals surface area contributed by atoms with Crippen LogP contribution in [0.5, 0.6) is 5.75 Å². The summed E-state index contributed by atoms with van der Waals surface area (Å²) in [6.45, 7) is 3.70. The third-order valence-corrected chi connectivity index (χ3v) is 11.3. The van der Waals surface area contributed by atoms with Crippen molar-refractivity contribution in [3.8, 4) is 5.75 Å². The first-order chi connectivity index (χ1) is 24.0. The molecule has 0 saturated heterocycles. The number of carbonyl (C=O) groups excluding carboxylic acids is 2. The molecule has 13 heteroatoms. The van der Waals surface area contributed by atoms with Gasteiger partial charge in [-0.2, -0.15) is 0 Å². The molecular weight excluding hydrogens is 679 g/mol. The monoisotopic (exact) mass is 727 g/mol. The van der Waals surface area contributed by atoms with Gasteiger partial charge in [-0.1, -0.05) is 88.1 Å². The van der Waals surface area contributed by atoms with Crippen molar-refractivity contribution in [1.29, 1.82) is 0 Å². The molecule has 272 valence electrons. The molecule has 0 unspecified atom stereocenters. The summed E-state index contributed by atoms with van der Waals surface area (Å²) in [5.41, 5.74) is 1.50. The summed E-state index contributed by atoms with van der Waals surface area (Å²) in [5.74, 6) is -2.28. The predicted octanol–water partition coefficient (Wildman–Crippen LogP) is 5.75. The van der Waals surface area contributed by atoms with E-state index in [1.54, 1.807) is 30.3 Å². The number of sulfone groups is 1. The van der Waals surface area contributed by atoms with E-state index in [1.165, 1.54) is 17.8 Å². The van der Waals surface area contributed by atoms with Crippen LogP contribution >= 0.6 is 11.8 Å². The maximum Gasteiger partial charge on any atom is 0.322 e. The van der Waals surface area contributed by atoms with Gasteiger partial charge in [0.1, 0.15) is 18.3 Å². The number of fused-ring (bicyclic) bond motifs is 1. The van der Waals surface area contributed by atoms with Gasteiger partial charge in [0.05, 0.1) is 21.2 Å². The third-order valence-electron chi connectivity index (χ3n) is 8.52. The second-order valence-corrected chi connectivity index (χ2v) is 15.0. The smallest absolute Gasteiger partial charge is 0.322 e. The normalized spacial score (nSPS) is 14.9. The Bertz CT molecular complexity index is 1660. The van der Waals surface area contributed by atoms with Gasteiger partial charge in [0.25, 0.3) is 5.91 Å². The van der Waals surface area contributed by atoms with Crippen LogP contribution in [0.1, 0.15) is 64.0 Å².